The summed E-state index contributed by atoms with van der Waals surface area (Å²) in [5, 5.41) is 0.631. The van der Waals surface area contributed by atoms with Crippen LogP contribution in [0, 0.1) is 0 Å². The van der Waals surface area contributed by atoms with Crippen molar-refractivity contribution in [3.05, 3.63) is 11.1 Å². The van der Waals surface area contributed by atoms with Gasteiger partial charge in [-0.1, -0.05) is 11.6 Å². The van der Waals surface area contributed by atoms with E-state index >= 15 is 0 Å². The van der Waals surface area contributed by atoms with Crippen molar-refractivity contribution in [1.82, 2.24) is 0 Å². The van der Waals surface area contributed by atoms with Crippen molar-refractivity contribution in [2.24, 2.45) is 0 Å². The third-order valence-electron chi connectivity index (χ3n) is 0.529. The van der Waals surface area contributed by atoms with E-state index in [9.17, 15) is 4.79 Å². The van der Waals surface area contributed by atoms with Crippen molar-refractivity contribution in [1.29, 1.82) is 0 Å². The standard InChI is InChI=1S/C5H7ClO2/c1-5(6)2-3-8-4-7/h2,4H,3H2,1H3. The van der Waals surface area contributed by atoms with E-state index in [4.69, 9.17) is 11.6 Å². The predicted octanol–water partition coefficient (Wildman–Crippen LogP) is 1.30. The summed E-state index contributed by atoms with van der Waals surface area (Å²) in [6.07, 6.45) is 1.61. The first-order valence-corrected chi connectivity index (χ1v) is 2.52. The van der Waals surface area contributed by atoms with Crippen LogP contribution in [0.15, 0.2) is 11.1 Å². The molecule has 0 amide bonds. The van der Waals surface area contributed by atoms with E-state index in [1.54, 1.807) is 13.0 Å². The van der Waals surface area contributed by atoms with Crippen molar-refractivity contribution in [2.45, 2.75) is 6.92 Å². The molecule has 0 bridgehead atoms. The van der Waals surface area contributed by atoms with Crippen LogP contribution in [0.4, 0.5) is 0 Å². The van der Waals surface area contributed by atoms with Crippen molar-refractivity contribution >= 4 is 18.1 Å². The van der Waals surface area contributed by atoms with Crippen LogP contribution in [-0.2, 0) is 9.53 Å². The second-order valence-electron chi connectivity index (χ2n) is 1.22. The fraction of sp³-hybridized carbons (Fsp3) is 0.400. The maximum absolute atomic E-state index is 9.49. The number of ether oxygens (including phenoxy) is 1. The molecule has 8 heavy (non-hydrogen) atoms. The highest BCUT2D eigenvalue weighted by Gasteiger charge is 1.77. The Morgan fingerprint density at radius 1 is 1.88 bits per heavy atom. The van der Waals surface area contributed by atoms with E-state index in [1.165, 1.54) is 0 Å². The summed E-state index contributed by atoms with van der Waals surface area (Å²) in [7, 11) is 0. The van der Waals surface area contributed by atoms with Gasteiger partial charge in [-0.15, -0.1) is 0 Å². The number of carbonyl (C=O) groups excluding carboxylic acids is 1. The monoisotopic (exact) mass is 134 g/mol. The molecule has 0 unspecified atom stereocenters. The summed E-state index contributed by atoms with van der Waals surface area (Å²) in [5.41, 5.74) is 0. The van der Waals surface area contributed by atoms with Crippen molar-refractivity contribution < 1.29 is 9.53 Å². The van der Waals surface area contributed by atoms with Gasteiger partial charge in [0.15, 0.2) is 0 Å². The molecular formula is C5H7ClO2. The van der Waals surface area contributed by atoms with E-state index in [2.05, 4.69) is 4.74 Å². The Hall–Kier alpha value is -0.500. The topological polar surface area (TPSA) is 26.3 Å². The molecule has 0 fully saturated rings. The van der Waals surface area contributed by atoms with Crippen LogP contribution in [0.3, 0.4) is 0 Å². The number of rotatable bonds is 3. The van der Waals surface area contributed by atoms with Crippen LogP contribution in [0.1, 0.15) is 6.92 Å². The number of hydrogen-bond donors (Lipinski definition) is 0. The quantitative estimate of drug-likeness (QED) is 0.430. The Bertz CT molecular complexity index is 94.6. The molecule has 2 nitrogen and oxygen atoms in total. The molecular weight excluding hydrogens is 128 g/mol. The van der Waals surface area contributed by atoms with Gasteiger partial charge in [0.25, 0.3) is 6.47 Å². The molecule has 0 aromatic carbocycles. The van der Waals surface area contributed by atoms with Gasteiger partial charge in [0.1, 0.15) is 6.61 Å². The molecule has 46 valence electrons. The Kier molecular flexibility index (Phi) is 4.36. The lowest BCUT2D eigenvalue weighted by Gasteiger charge is -1.87. The van der Waals surface area contributed by atoms with Crippen molar-refractivity contribution in [3.8, 4) is 0 Å². The third-order valence-corrected chi connectivity index (χ3v) is 0.683. The normalized spacial score (nSPS) is 11.0. The van der Waals surface area contributed by atoms with Crippen LogP contribution in [0.2, 0.25) is 0 Å². The van der Waals surface area contributed by atoms with Gasteiger partial charge in [0.05, 0.1) is 0 Å². The van der Waals surface area contributed by atoms with Gasteiger partial charge in [0, 0.05) is 5.03 Å². The fourth-order valence-electron chi connectivity index (χ4n) is 0.202. The number of hydrogen-bond acceptors (Lipinski definition) is 2. The first-order valence-electron chi connectivity index (χ1n) is 2.15. The first kappa shape index (κ1) is 7.50. The lowest BCUT2D eigenvalue weighted by atomic mass is 10.5. The average molecular weight is 135 g/mol. The van der Waals surface area contributed by atoms with E-state index in [0.717, 1.165) is 0 Å². The smallest absolute Gasteiger partial charge is 0.293 e. The van der Waals surface area contributed by atoms with E-state index in [-0.39, 0.29) is 6.61 Å². The summed E-state index contributed by atoms with van der Waals surface area (Å²) in [4.78, 5) is 9.49. The highest BCUT2D eigenvalue weighted by molar-refractivity contribution is 6.29. The van der Waals surface area contributed by atoms with Crippen LogP contribution >= 0.6 is 11.6 Å². The minimum atomic E-state index is 0.263. The second-order valence-corrected chi connectivity index (χ2v) is 1.82. The van der Waals surface area contributed by atoms with Gasteiger partial charge in [-0.25, -0.2) is 0 Å². The molecule has 0 aromatic heterocycles. The summed E-state index contributed by atoms with van der Waals surface area (Å²) >= 11 is 5.38. The minimum absolute atomic E-state index is 0.263. The second kappa shape index (κ2) is 4.65. The average Bonchev–Trinajstić information content (AvgIpc) is 1.66. The molecule has 3 heteroatoms. The Labute approximate surface area is 53.1 Å². The highest BCUT2D eigenvalue weighted by atomic mass is 35.5. The Morgan fingerprint density at radius 2 is 2.50 bits per heavy atom. The highest BCUT2D eigenvalue weighted by Crippen LogP contribution is 1.95. The first-order chi connectivity index (χ1) is 3.77. The number of halogens is 1. The largest absolute Gasteiger partial charge is 0.464 e. The lowest BCUT2D eigenvalue weighted by molar-refractivity contribution is -0.127. The molecule has 0 atom stereocenters. The lowest BCUT2D eigenvalue weighted by Crippen LogP contribution is -1.85. The van der Waals surface area contributed by atoms with E-state index < -0.39 is 0 Å². The Morgan fingerprint density at radius 3 is 2.88 bits per heavy atom. The van der Waals surface area contributed by atoms with Crippen LogP contribution in [-0.4, -0.2) is 13.1 Å². The molecule has 0 heterocycles. The zero-order valence-corrected chi connectivity index (χ0v) is 5.31. The summed E-state index contributed by atoms with van der Waals surface area (Å²) in [5.74, 6) is 0. The van der Waals surface area contributed by atoms with Gasteiger partial charge in [-0.3, -0.25) is 4.79 Å². The molecule has 0 saturated heterocycles. The molecule has 0 saturated carbocycles. The summed E-state index contributed by atoms with van der Waals surface area (Å²) < 4.78 is 4.30. The molecule has 0 aromatic rings. The van der Waals surface area contributed by atoms with Gasteiger partial charge in [-0.05, 0) is 13.0 Å². The molecule has 0 aliphatic rings. The number of carbonyl (C=O) groups is 1. The van der Waals surface area contributed by atoms with Gasteiger partial charge in [0.2, 0.25) is 0 Å². The zero-order chi connectivity index (χ0) is 6.41. The Balaban J connectivity index is 3.15. The molecule has 0 N–H and O–H groups in total. The van der Waals surface area contributed by atoms with Gasteiger partial charge >= 0.3 is 0 Å². The van der Waals surface area contributed by atoms with E-state index in [1.807, 2.05) is 0 Å². The van der Waals surface area contributed by atoms with Gasteiger partial charge < -0.3 is 4.74 Å². The SMILES string of the molecule is CC(Cl)=CCOC=O. The third kappa shape index (κ3) is 5.50. The van der Waals surface area contributed by atoms with Crippen molar-refractivity contribution in [2.75, 3.05) is 6.61 Å². The van der Waals surface area contributed by atoms with Crippen LogP contribution < -0.4 is 0 Å². The molecule has 0 rings (SSSR count). The maximum Gasteiger partial charge on any atom is 0.293 e. The fourth-order valence-corrected chi connectivity index (χ4v) is 0.265. The van der Waals surface area contributed by atoms with E-state index in [0.29, 0.717) is 11.5 Å². The van der Waals surface area contributed by atoms with Gasteiger partial charge in [-0.2, -0.15) is 0 Å². The molecule has 0 aliphatic heterocycles. The maximum atomic E-state index is 9.49. The molecule has 0 aliphatic carbocycles. The number of allylic oxidation sites excluding steroid dienone is 1. The van der Waals surface area contributed by atoms with Crippen molar-refractivity contribution in [3.63, 3.8) is 0 Å². The van der Waals surface area contributed by atoms with Crippen LogP contribution in [0.25, 0.3) is 0 Å². The minimum Gasteiger partial charge on any atom is -0.464 e. The summed E-state index contributed by atoms with van der Waals surface area (Å²) in [6.45, 7) is 2.37. The molecule has 0 radical (unpaired) electrons. The van der Waals surface area contributed by atoms with Crippen LogP contribution in [0.5, 0.6) is 0 Å². The zero-order valence-electron chi connectivity index (χ0n) is 4.56. The molecule has 0 spiro atoms. The summed E-state index contributed by atoms with van der Waals surface area (Å²) in [6, 6.07) is 0. The predicted molar refractivity (Wildman–Crippen MR) is 31.6 cm³/mol.